The minimum absolute atomic E-state index is 0.0593. The molecule has 0 spiro atoms. The van der Waals surface area contributed by atoms with Gasteiger partial charge in [0.15, 0.2) is 11.4 Å². The molecule has 13 nitrogen and oxygen atoms in total. The van der Waals surface area contributed by atoms with Crippen LogP contribution in [0.4, 0.5) is 4.79 Å². The van der Waals surface area contributed by atoms with E-state index in [1.807, 2.05) is 6.07 Å². The Morgan fingerprint density at radius 2 is 1.49 bits per heavy atom. The second kappa shape index (κ2) is 17.3. The third-order valence-electron chi connectivity index (χ3n) is 6.45. The van der Waals surface area contributed by atoms with Crippen LogP contribution in [0.2, 0.25) is 0 Å². The van der Waals surface area contributed by atoms with E-state index in [1.165, 1.54) is 27.3 Å². The summed E-state index contributed by atoms with van der Waals surface area (Å²) in [6.45, 7) is 6.12. The van der Waals surface area contributed by atoms with E-state index in [0.29, 0.717) is 9.88 Å². The normalized spacial score (nSPS) is 14.4. The van der Waals surface area contributed by atoms with Crippen molar-refractivity contribution in [3.8, 4) is 0 Å². The highest BCUT2D eigenvalue weighted by atomic mass is 32.1. The molecule has 0 saturated heterocycles. The fourth-order valence-electron chi connectivity index (χ4n) is 4.00. The predicted molar refractivity (Wildman–Crippen MR) is 158 cm³/mol. The molecular formula is C29H40N4O9S. The molecule has 0 radical (unpaired) electrons. The first-order valence-electron chi connectivity index (χ1n) is 13.7. The van der Waals surface area contributed by atoms with Crippen molar-refractivity contribution in [3.63, 3.8) is 0 Å². The van der Waals surface area contributed by atoms with E-state index in [1.54, 1.807) is 45.0 Å². The Kier molecular flexibility index (Phi) is 14.2. The molecule has 0 aliphatic heterocycles. The Labute approximate surface area is 255 Å². The smallest absolute Gasteiger partial charge is 0.435 e. The summed E-state index contributed by atoms with van der Waals surface area (Å²) in [6, 6.07) is 5.44. The molecule has 1 aromatic heterocycles. The molecule has 1 heterocycles. The first kappa shape index (κ1) is 35.3. The number of carbonyl (C=O) groups excluding carboxylic acids is 5. The van der Waals surface area contributed by atoms with Crippen LogP contribution in [0.1, 0.15) is 47.4 Å². The number of amides is 3. The number of nitrogens with one attached hydrogen (secondary N) is 3. The van der Waals surface area contributed by atoms with Gasteiger partial charge < -0.3 is 34.9 Å². The number of ether oxygens (including phenoxy) is 4. The average Bonchev–Trinajstić information content (AvgIpc) is 3.42. The lowest BCUT2D eigenvalue weighted by atomic mass is 9.88. The maximum atomic E-state index is 13.8. The summed E-state index contributed by atoms with van der Waals surface area (Å²) in [6.07, 6.45) is 0.589. The monoisotopic (exact) mass is 620 g/mol. The Balaban J connectivity index is 2.27. The molecule has 14 heteroatoms. The van der Waals surface area contributed by atoms with Crippen molar-refractivity contribution >= 4 is 41.0 Å². The number of methoxy groups -OCH3 is 2. The molecule has 2 aromatic rings. The van der Waals surface area contributed by atoms with Crippen molar-refractivity contribution in [2.45, 2.75) is 64.3 Å². The second-order valence-electron chi connectivity index (χ2n) is 9.73. The third-order valence-corrected chi connectivity index (χ3v) is 7.36. The van der Waals surface area contributed by atoms with Gasteiger partial charge in [0.1, 0.15) is 17.0 Å². The number of hydrogen-bond acceptors (Lipinski definition) is 11. The summed E-state index contributed by atoms with van der Waals surface area (Å²) in [5.41, 5.74) is -0.869. The molecular weight excluding hydrogens is 580 g/mol. The highest BCUT2D eigenvalue weighted by Gasteiger charge is 2.42. The maximum absolute atomic E-state index is 13.8. The molecule has 0 aliphatic rings. The van der Waals surface area contributed by atoms with Crippen LogP contribution < -0.4 is 16.0 Å². The third kappa shape index (κ3) is 10.7. The van der Waals surface area contributed by atoms with Crippen LogP contribution in [0.5, 0.6) is 0 Å². The molecule has 3 N–H and O–H groups in total. The number of aryl methyl sites for hydroxylation is 1. The molecule has 0 fully saturated rings. The van der Waals surface area contributed by atoms with Gasteiger partial charge in [-0.1, -0.05) is 37.3 Å². The van der Waals surface area contributed by atoms with Gasteiger partial charge >= 0.3 is 6.16 Å². The van der Waals surface area contributed by atoms with Crippen molar-refractivity contribution in [3.05, 3.63) is 52.0 Å². The van der Waals surface area contributed by atoms with Crippen molar-refractivity contribution in [2.75, 3.05) is 34.0 Å². The Morgan fingerprint density at radius 1 is 0.907 bits per heavy atom. The minimum Gasteiger partial charge on any atom is -0.435 e. The van der Waals surface area contributed by atoms with E-state index in [4.69, 9.17) is 18.9 Å². The van der Waals surface area contributed by atoms with E-state index in [0.717, 1.165) is 16.9 Å². The summed E-state index contributed by atoms with van der Waals surface area (Å²) in [5, 5.41) is 8.55. The van der Waals surface area contributed by atoms with Crippen LogP contribution in [0.3, 0.4) is 0 Å². The summed E-state index contributed by atoms with van der Waals surface area (Å²) >= 11 is 1.16. The number of rotatable bonds is 17. The number of benzene rings is 1. The van der Waals surface area contributed by atoms with E-state index in [9.17, 15) is 24.0 Å². The summed E-state index contributed by atoms with van der Waals surface area (Å²) in [4.78, 5) is 69.7. The second-order valence-corrected chi connectivity index (χ2v) is 11.0. The molecule has 3 amide bonds. The van der Waals surface area contributed by atoms with Gasteiger partial charge in [0, 0.05) is 14.2 Å². The lowest BCUT2D eigenvalue weighted by Crippen LogP contribution is -2.60. The van der Waals surface area contributed by atoms with Crippen LogP contribution in [0.25, 0.3) is 0 Å². The summed E-state index contributed by atoms with van der Waals surface area (Å²) < 4.78 is 20.5. The first-order chi connectivity index (χ1) is 20.5. The topological polar surface area (TPSA) is 171 Å². The van der Waals surface area contributed by atoms with Crippen molar-refractivity contribution < 1.29 is 42.9 Å². The van der Waals surface area contributed by atoms with Gasteiger partial charge in [0.2, 0.25) is 11.8 Å². The molecule has 1 aromatic carbocycles. The van der Waals surface area contributed by atoms with E-state index in [2.05, 4.69) is 20.9 Å². The SMILES string of the molecule is CCOC(=O)O[C@](C)(CC)C(=O)[C@H](Cc1ccccc1)NC(=O)[C@H](COC)NC(=O)[C@H](COC)NC(=O)c1cnc(C)s1. The zero-order chi connectivity index (χ0) is 32.0. The Hall–Kier alpha value is -3.88. The highest BCUT2D eigenvalue weighted by Crippen LogP contribution is 2.22. The lowest BCUT2D eigenvalue weighted by Gasteiger charge is -2.31. The number of carbonyl (C=O) groups is 5. The molecule has 2 rings (SSSR count). The number of hydrogen-bond donors (Lipinski definition) is 3. The van der Waals surface area contributed by atoms with Crippen LogP contribution in [0, 0.1) is 6.92 Å². The minimum atomic E-state index is -1.61. The number of aromatic nitrogens is 1. The Bertz CT molecular complexity index is 1240. The quantitative estimate of drug-likeness (QED) is 0.222. The fourth-order valence-corrected chi connectivity index (χ4v) is 4.68. The lowest BCUT2D eigenvalue weighted by molar-refractivity contribution is -0.143. The molecule has 4 atom stereocenters. The Morgan fingerprint density at radius 3 is 2.00 bits per heavy atom. The van der Waals surface area contributed by atoms with Crippen molar-refractivity contribution in [2.24, 2.45) is 0 Å². The molecule has 0 aliphatic carbocycles. The largest absolute Gasteiger partial charge is 0.509 e. The standard InChI is InChI=1S/C29H40N4O9S/c1-7-29(4,42-28(38)41-8-2)24(34)20(14-19-12-10-9-11-13-19)31-25(35)21(16-39-5)32-26(36)22(17-40-6)33-27(37)23-15-30-18(3)43-23/h9-13,15,20-22H,7-8,14,16-17H2,1-6H3,(H,31,35)(H,32,36)(H,33,37)/t20-,21-,22-,29+/m0/s1. The maximum Gasteiger partial charge on any atom is 0.509 e. The van der Waals surface area contributed by atoms with Crippen LogP contribution in [-0.2, 0) is 39.8 Å². The molecule has 0 bridgehead atoms. The average molecular weight is 621 g/mol. The molecule has 0 unspecified atom stereocenters. The van der Waals surface area contributed by atoms with Crippen LogP contribution in [-0.4, -0.2) is 92.4 Å². The van der Waals surface area contributed by atoms with E-state index < -0.39 is 53.4 Å². The van der Waals surface area contributed by atoms with Gasteiger partial charge in [-0.15, -0.1) is 11.3 Å². The van der Waals surface area contributed by atoms with Gasteiger partial charge in [0.25, 0.3) is 5.91 Å². The summed E-state index contributed by atoms with van der Waals surface area (Å²) in [7, 11) is 2.71. The van der Waals surface area contributed by atoms with Crippen molar-refractivity contribution in [1.82, 2.24) is 20.9 Å². The van der Waals surface area contributed by atoms with Gasteiger partial charge in [0.05, 0.1) is 37.1 Å². The highest BCUT2D eigenvalue weighted by molar-refractivity contribution is 7.13. The predicted octanol–water partition coefficient (Wildman–Crippen LogP) is 1.97. The number of ketones is 1. The van der Waals surface area contributed by atoms with Crippen molar-refractivity contribution in [1.29, 1.82) is 0 Å². The molecule has 43 heavy (non-hydrogen) atoms. The fraction of sp³-hybridized carbons (Fsp3) is 0.517. The number of nitrogens with zero attached hydrogens (tertiary/aromatic N) is 1. The molecule has 236 valence electrons. The van der Waals surface area contributed by atoms with Gasteiger partial charge in [-0.3, -0.25) is 19.2 Å². The summed E-state index contributed by atoms with van der Waals surface area (Å²) in [5.74, 6) is -2.51. The number of Topliss-reactive ketones (excluding diaryl/α,β-unsaturated/α-hetero) is 1. The van der Waals surface area contributed by atoms with Crippen LogP contribution >= 0.6 is 11.3 Å². The first-order valence-corrected chi connectivity index (χ1v) is 14.5. The molecule has 0 saturated carbocycles. The zero-order valence-electron chi connectivity index (χ0n) is 25.3. The van der Waals surface area contributed by atoms with Gasteiger partial charge in [-0.05, 0) is 39.2 Å². The van der Waals surface area contributed by atoms with E-state index in [-0.39, 0.29) is 32.7 Å². The van der Waals surface area contributed by atoms with Gasteiger partial charge in [-0.25, -0.2) is 9.78 Å². The number of thiazole rings is 1. The zero-order valence-corrected chi connectivity index (χ0v) is 26.1. The van der Waals surface area contributed by atoms with E-state index >= 15 is 0 Å². The van der Waals surface area contributed by atoms with Gasteiger partial charge in [-0.2, -0.15) is 0 Å². The van der Waals surface area contributed by atoms with Crippen LogP contribution in [0.15, 0.2) is 36.5 Å².